The first-order valence-corrected chi connectivity index (χ1v) is 6.93. The molecule has 0 aromatic heterocycles. The number of likely N-dealkylation sites (tertiary alicyclic amines) is 1. The molecular weight excluding hydrogens is 224 g/mol. The Labute approximate surface area is 109 Å². The summed E-state index contributed by atoms with van der Waals surface area (Å²) in [6.45, 7) is 6.02. The van der Waals surface area contributed by atoms with Gasteiger partial charge in [-0.3, -0.25) is 4.90 Å². The first kappa shape index (κ1) is 12.0. The second-order valence-electron chi connectivity index (χ2n) is 5.90. The van der Waals surface area contributed by atoms with E-state index in [1.54, 1.807) is 0 Å². The molecule has 0 amide bonds. The van der Waals surface area contributed by atoms with Crippen LogP contribution in [0.15, 0.2) is 18.2 Å². The van der Waals surface area contributed by atoms with Crippen molar-refractivity contribution in [3.05, 3.63) is 29.3 Å². The van der Waals surface area contributed by atoms with Gasteiger partial charge in [-0.2, -0.15) is 0 Å². The van der Waals surface area contributed by atoms with Gasteiger partial charge in [-0.05, 0) is 37.3 Å². The molecule has 0 bridgehead atoms. The van der Waals surface area contributed by atoms with Crippen LogP contribution in [-0.2, 0) is 13.0 Å². The predicted molar refractivity (Wildman–Crippen MR) is 73.8 cm³/mol. The molecule has 3 heteroatoms. The van der Waals surface area contributed by atoms with Crippen molar-refractivity contribution < 1.29 is 5.11 Å². The fraction of sp³-hybridized carbons (Fsp3) is 0.600. The summed E-state index contributed by atoms with van der Waals surface area (Å²) in [7, 11) is 0. The third kappa shape index (κ3) is 2.38. The first-order chi connectivity index (χ1) is 8.64. The van der Waals surface area contributed by atoms with E-state index in [0.717, 1.165) is 45.4 Å². The normalized spacial score (nSPS) is 22.6. The lowest BCUT2D eigenvalue weighted by atomic mass is 9.93. The van der Waals surface area contributed by atoms with Crippen LogP contribution in [-0.4, -0.2) is 35.2 Å². The molecule has 0 atom stereocenters. The van der Waals surface area contributed by atoms with E-state index in [9.17, 15) is 5.11 Å². The van der Waals surface area contributed by atoms with Gasteiger partial charge in [0.2, 0.25) is 0 Å². The minimum atomic E-state index is -0.451. The van der Waals surface area contributed by atoms with Crippen molar-refractivity contribution in [2.24, 2.45) is 0 Å². The molecule has 2 aliphatic heterocycles. The quantitative estimate of drug-likeness (QED) is 0.838. The van der Waals surface area contributed by atoms with Gasteiger partial charge in [-0.25, -0.2) is 0 Å². The van der Waals surface area contributed by atoms with E-state index < -0.39 is 5.60 Å². The second-order valence-corrected chi connectivity index (χ2v) is 5.90. The number of hydrogen-bond acceptors (Lipinski definition) is 3. The molecule has 0 unspecified atom stereocenters. The van der Waals surface area contributed by atoms with Crippen molar-refractivity contribution in [3.63, 3.8) is 0 Å². The van der Waals surface area contributed by atoms with E-state index in [0.29, 0.717) is 0 Å². The molecule has 1 saturated heterocycles. The van der Waals surface area contributed by atoms with E-state index in [4.69, 9.17) is 0 Å². The minimum Gasteiger partial charge on any atom is -0.390 e. The molecule has 1 fully saturated rings. The summed E-state index contributed by atoms with van der Waals surface area (Å²) in [5.74, 6) is 0. The summed E-state index contributed by atoms with van der Waals surface area (Å²) in [5.41, 5.74) is 3.77. The number of fused-ring (bicyclic) bond motifs is 1. The smallest absolute Gasteiger partial charge is 0.0644 e. The zero-order chi connectivity index (χ0) is 12.6. The van der Waals surface area contributed by atoms with Crippen LogP contribution in [0, 0.1) is 0 Å². The molecule has 18 heavy (non-hydrogen) atoms. The molecule has 2 heterocycles. The first-order valence-electron chi connectivity index (χ1n) is 6.93. The number of nitrogens with zero attached hydrogens (tertiary/aromatic N) is 1. The van der Waals surface area contributed by atoms with Crippen LogP contribution < -0.4 is 5.32 Å². The molecule has 2 N–H and O–H groups in total. The summed E-state index contributed by atoms with van der Waals surface area (Å²) in [5, 5.41) is 13.5. The van der Waals surface area contributed by atoms with Gasteiger partial charge in [0.05, 0.1) is 5.60 Å². The van der Waals surface area contributed by atoms with Crippen LogP contribution in [0.1, 0.15) is 30.9 Å². The maximum atomic E-state index is 9.97. The molecule has 0 saturated carbocycles. The number of aliphatic hydroxyl groups is 1. The van der Waals surface area contributed by atoms with Gasteiger partial charge >= 0.3 is 0 Å². The van der Waals surface area contributed by atoms with E-state index in [2.05, 4.69) is 28.4 Å². The SMILES string of the molecule is CC1(O)CCN(Cc2cccc3c2NCC3)CC1. The zero-order valence-electron chi connectivity index (χ0n) is 11.1. The van der Waals surface area contributed by atoms with Gasteiger partial charge in [-0.15, -0.1) is 0 Å². The minimum absolute atomic E-state index is 0.451. The average Bonchev–Trinajstić information content (AvgIpc) is 2.81. The van der Waals surface area contributed by atoms with Crippen LogP contribution in [0.25, 0.3) is 0 Å². The third-order valence-electron chi connectivity index (χ3n) is 4.26. The Morgan fingerprint density at radius 2 is 2.11 bits per heavy atom. The fourth-order valence-corrected chi connectivity index (χ4v) is 2.98. The fourth-order valence-electron chi connectivity index (χ4n) is 2.98. The standard InChI is InChI=1S/C15H22N2O/c1-15(18)6-9-17(10-7-15)11-13-4-2-3-12-5-8-16-14(12)13/h2-4,16,18H,5-11H2,1H3. The van der Waals surface area contributed by atoms with Crippen molar-refractivity contribution in [3.8, 4) is 0 Å². The Kier molecular flexibility index (Phi) is 3.04. The van der Waals surface area contributed by atoms with E-state index >= 15 is 0 Å². The summed E-state index contributed by atoms with van der Waals surface area (Å²) in [6.07, 6.45) is 2.92. The monoisotopic (exact) mass is 246 g/mol. The van der Waals surface area contributed by atoms with Crippen LogP contribution >= 0.6 is 0 Å². The number of benzene rings is 1. The Morgan fingerprint density at radius 3 is 2.89 bits per heavy atom. The summed E-state index contributed by atoms with van der Waals surface area (Å²) < 4.78 is 0. The van der Waals surface area contributed by atoms with E-state index in [1.165, 1.54) is 16.8 Å². The number of hydrogen-bond donors (Lipinski definition) is 2. The highest BCUT2D eigenvalue weighted by Gasteiger charge is 2.27. The molecular formula is C15H22N2O. The molecule has 98 valence electrons. The lowest BCUT2D eigenvalue weighted by molar-refractivity contribution is -0.00725. The molecule has 0 aliphatic carbocycles. The number of anilines is 1. The van der Waals surface area contributed by atoms with Crippen molar-refractivity contribution in [1.29, 1.82) is 0 Å². The van der Waals surface area contributed by atoms with Crippen molar-refractivity contribution in [2.45, 2.75) is 38.3 Å². The maximum Gasteiger partial charge on any atom is 0.0644 e. The van der Waals surface area contributed by atoms with Gasteiger partial charge in [0.1, 0.15) is 0 Å². The number of para-hydroxylation sites is 1. The Bertz CT molecular complexity index is 432. The second kappa shape index (κ2) is 4.56. The molecule has 0 spiro atoms. The average molecular weight is 246 g/mol. The van der Waals surface area contributed by atoms with Gasteiger partial charge in [-0.1, -0.05) is 18.2 Å². The van der Waals surface area contributed by atoms with Crippen LogP contribution in [0.5, 0.6) is 0 Å². The number of nitrogens with one attached hydrogen (secondary N) is 1. The Morgan fingerprint density at radius 1 is 1.33 bits per heavy atom. The van der Waals surface area contributed by atoms with Crippen molar-refractivity contribution in [1.82, 2.24) is 4.90 Å². The predicted octanol–water partition coefficient (Wildman–Crippen LogP) is 2.00. The Balaban J connectivity index is 1.69. The van der Waals surface area contributed by atoms with Crippen molar-refractivity contribution in [2.75, 3.05) is 25.0 Å². The molecule has 3 nitrogen and oxygen atoms in total. The molecule has 2 aliphatic rings. The van der Waals surface area contributed by atoms with Crippen LogP contribution in [0.3, 0.4) is 0 Å². The molecule has 1 aromatic rings. The zero-order valence-corrected chi connectivity index (χ0v) is 11.1. The van der Waals surface area contributed by atoms with E-state index in [-0.39, 0.29) is 0 Å². The highest BCUT2D eigenvalue weighted by Crippen LogP contribution is 2.29. The van der Waals surface area contributed by atoms with Gasteiger partial charge in [0, 0.05) is 31.9 Å². The van der Waals surface area contributed by atoms with Crippen LogP contribution in [0.4, 0.5) is 5.69 Å². The third-order valence-corrected chi connectivity index (χ3v) is 4.26. The lowest BCUT2D eigenvalue weighted by Gasteiger charge is -2.36. The van der Waals surface area contributed by atoms with Gasteiger partial charge < -0.3 is 10.4 Å². The largest absolute Gasteiger partial charge is 0.390 e. The summed E-state index contributed by atoms with van der Waals surface area (Å²) >= 11 is 0. The van der Waals surface area contributed by atoms with Gasteiger partial charge in [0.15, 0.2) is 0 Å². The van der Waals surface area contributed by atoms with E-state index in [1.807, 2.05) is 6.92 Å². The molecule has 1 aromatic carbocycles. The lowest BCUT2D eigenvalue weighted by Crippen LogP contribution is -2.42. The summed E-state index contributed by atoms with van der Waals surface area (Å²) in [4.78, 5) is 2.45. The highest BCUT2D eigenvalue weighted by molar-refractivity contribution is 5.61. The topological polar surface area (TPSA) is 35.5 Å². The summed E-state index contributed by atoms with van der Waals surface area (Å²) in [6, 6.07) is 6.62. The molecule has 3 rings (SSSR count). The maximum absolute atomic E-state index is 9.97. The molecule has 0 radical (unpaired) electrons. The Hall–Kier alpha value is -1.06. The number of piperidine rings is 1. The van der Waals surface area contributed by atoms with Crippen LogP contribution in [0.2, 0.25) is 0 Å². The highest BCUT2D eigenvalue weighted by atomic mass is 16.3. The van der Waals surface area contributed by atoms with Gasteiger partial charge in [0.25, 0.3) is 0 Å². The number of rotatable bonds is 2. The van der Waals surface area contributed by atoms with Crippen molar-refractivity contribution >= 4 is 5.69 Å².